The number of hydrogen-bond acceptors (Lipinski definition) is 4. The zero-order valence-electron chi connectivity index (χ0n) is 25.4. The zero-order chi connectivity index (χ0) is 29.0. The van der Waals surface area contributed by atoms with E-state index >= 15 is 0 Å². The minimum Gasteiger partial charge on any atom is -1.00 e. The van der Waals surface area contributed by atoms with E-state index in [1.54, 1.807) is 0 Å². The lowest BCUT2D eigenvalue weighted by molar-refractivity contribution is -0.947. The Morgan fingerprint density at radius 1 is 0.738 bits per heavy atom. The third-order valence-corrected chi connectivity index (χ3v) is 10.2. The van der Waals surface area contributed by atoms with Gasteiger partial charge in [-0.05, 0) is 56.2 Å². The lowest BCUT2D eigenvalue weighted by atomic mass is 10.1. The summed E-state index contributed by atoms with van der Waals surface area (Å²) >= 11 is 0. The average Bonchev–Trinajstić information content (AvgIpc) is 2.91. The van der Waals surface area contributed by atoms with Crippen molar-refractivity contribution in [2.24, 2.45) is 0 Å². The molecule has 1 saturated heterocycles. The highest BCUT2D eigenvalue weighted by molar-refractivity contribution is 8.22. The minimum absolute atomic E-state index is 0. The maximum Gasteiger partial charge on any atom is 0.105 e. The molecule has 1 heterocycles. The Hall–Kier alpha value is -2.23. The number of rotatable bonds is 10. The van der Waals surface area contributed by atoms with Crippen LogP contribution in [0.15, 0.2) is 83.8 Å². The van der Waals surface area contributed by atoms with Gasteiger partial charge >= 0.3 is 0 Å². The first-order valence-corrected chi connectivity index (χ1v) is 16.2. The average molecular weight is 654 g/mol. The lowest BCUT2D eigenvalue weighted by Crippen LogP contribution is -3.00. The number of hydrogen-bond donors (Lipinski definition) is 2. The van der Waals surface area contributed by atoms with E-state index in [1.807, 2.05) is 40.7 Å². The molecule has 0 bridgehead atoms. The normalized spacial score (nSPS) is 15.5. The van der Waals surface area contributed by atoms with Crippen molar-refractivity contribution in [2.45, 2.75) is 52.1 Å². The predicted octanol–water partition coefficient (Wildman–Crippen LogP) is 5.04. The second-order valence-electron chi connectivity index (χ2n) is 12.0. The molecular formula is C35H45BrN2O3S. The summed E-state index contributed by atoms with van der Waals surface area (Å²) in [5.41, 5.74) is 7.46. The van der Waals surface area contributed by atoms with Crippen LogP contribution in [0.25, 0.3) is 10.8 Å². The molecule has 0 spiro atoms. The molecule has 5 nitrogen and oxygen atoms in total. The molecule has 1 fully saturated rings. The molecule has 1 aliphatic heterocycles. The Balaban J connectivity index is 0.00000405. The summed E-state index contributed by atoms with van der Waals surface area (Å²) in [4.78, 5) is 0.575. The van der Waals surface area contributed by atoms with E-state index in [0.717, 1.165) is 66.6 Å². The molecule has 2 N–H and O–H groups in total. The van der Waals surface area contributed by atoms with Crippen molar-refractivity contribution in [1.29, 1.82) is 0 Å². The predicted molar refractivity (Wildman–Crippen MR) is 171 cm³/mol. The third-order valence-electron chi connectivity index (χ3n) is 8.30. The summed E-state index contributed by atoms with van der Waals surface area (Å²) in [6.07, 6.45) is 0.860. The Kier molecular flexibility index (Phi) is 10.9. The fraction of sp³-hybridized carbons (Fsp3) is 0.371. The molecule has 7 heteroatoms. The molecular weight excluding hydrogens is 608 g/mol. The van der Waals surface area contributed by atoms with E-state index in [-0.39, 0.29) is 17.0 Å². The largest absolute Gasteiger partial charge is 1.00 e. The van der Waals surface area contributed by atoms with Gasteiger partial charge in [0.1, 0.15) is 19.6 Å². The van der Waals surface area contributed by atoms with Crippen molar-refractivity contribution < 1.29 is 35.3 Å². The topological polar surface area (TPSA) is 52.9 Å². The summed E-state index contributed by atoms with van der Waals surface area (Å²) in [5, 5.41) is 2.11. The zero-order valence-corrected chi connectivity index (χ0v) is 27.8. The monoisotopic (exact) mass is 652 g/mol. The summed E-state index contributed by atoms with van der Waals surface area (Å²) in [5.74, 6) is 0. The number of fused-ring (bicyclic) bond motifs is 1. The number of morpholine rings is 1. The molecule has 226 valence electrons. The van der Waals surface area contributed by atoms with Gasteiger partial charge in [0, 0.05) is 25.1 Å². The van der Waals surface area contributed by atoms with E-state index in [0.29, 0.717) is 18.0 Å². The number of aryl methyl sites for hydroxylation is 4. The van der Waals surface area contributed by atoms with Crippen LogP contribution in [0.5, 0.6) is 0 Å². The Morgan fingerprint density at radius 3 is 1.93 bits per heavy atom. The van der Waals surface area contributed by atoms with Crippen molar-refractivity contribution in [3.8, 4) is 0 Å². The molecule has 4 aromatic carbocycles. The van der Waals surface area contributed by atoms with Crippen molar-refractivity contribution in [1.82, 2.24) is 4.31 Å². The number of ether oxygens (including phenoxy) is 1. The number of nitrogens with zero attached hydrogens (tertiary/aromatic N) is 2. The summed E-state index contributed by atoms with van der Waals surface area (Å²) < 4.78 is 32.4. The summed E-state index contributed by atoms with van der Waals surface area (Å²) in [7, 11) is -3.21. The summed E-state index contributed by atoms with van der Waals surface area (Å²) in [6.45, 7) is 15.0. The summed E-state index contributed by atoms with van der Waals surface area (Å²) in [6, 6.07) is 27.2. The van der Waals surface area contributed by atoms with Gasteiger partial charge in [0.25, 0.3) is 0 Å². The Labute approximate surface area is 264 Å². The first kappa shape index (κ1) is 32.7. The number of halogens is 1. The fourth-order valence-electron chi connectivity index (χ4n) is 6.47. The maximum atomic E-state index is 11.8. The first-order valence-electron chi connectivity index (χ1n) is 14.7. The third kappa shape index (κ3) is 8.03. The highest BCUT2D eigenvalue weighted by Gasteiger charge is 2.32. The van der Waals surface area contributed by atoms with Crippen LogP contribution < -0.4 is 17.0 Å². The van der Waals surface area contributed by atoms with Crippen molar-refractivity contribution >= 4 is 21.5 Å². The van der Waals surface area contributed by atoms with E-state index < -0.39 is 10.8 Å². The van der Waals surface area contributed by atoms with Crippen LogP contribution in [-0.4, -0.2) is 57.3 Å². The molecule has 0 atom stereocenters. The maximum absolute atomic E-state index is 11.8. The van der Waals surface area contributed by atoms with Gasteiger partial charge < -0.3 is 26.2 Å². The Bertz CT molecular complexity index is 1460. The van der Waals surface area contributed by atoms with E-state index in [2.05, 4.69) is 70.2 Å². The molecule has 42 heavy (non-hydrogen) atoms. The SMILES string of the molecule is Cc1cc(C)cc(CN(CCC[N+]2(Cc3cc(C)cc(C)c3)CCOCC2)S(O)(O)c2ccc3ccccc3c2)c1.[Br-]. The number of benzene rings is 4. The molecule has 0 unspecified atom stereocenters. The van der Waals surface area contributed by atoms with Crippen molar-refractivity contribution in [3.05, 3.63) is 112 Å². The van der Waals surface area contributed by atoms with Crippen molar-refractivity contribution in [2.75, 3.05) is 39.4 Å². The van der Waals surface area contributed by atoms with Crippen LogP contribution in [-0.2, 0) is 17.8 Å². The lowest BCUT2D eigenvalue weighted by Gasteiger charge is -2.45. The molecule has 0 amide bonds. The van der Waals surface area contributed by atoms with Crippen LogP contribution in [0.4, 0.5) is 0 Å². The van der Waals surface area contributed by atoms with Gasteiger partial charge in [-0.1, -0.05) is 89.0 Å². The van der Waals surface area contributed by atoms with Crippen molar-refractivity contribution in [3.63, 3.8) is 0 Å². The second kappa shape index (κ2) is 14.0. The second-order valence-corrected chi connectivity index (χ2v) is 14.0. The molecule has 0 aliphatic carbocycles. The van der Waals surface area contributed by atoms with Crippen LogP contribution in [0.1, 0.15) is 39.8 Å². The van der Waals surface area contributed by atoms with Crippen LogP contribution in [0, 0.1) is 27.7 Å². The minimum atomic E-state index is -3.21. The quantitative estimate of drug-likeness (QED) is 0.236. The van der Waals surface area contributed by atoms with Gasteiger partial charge in [0.2, 0.25) is 0 Å². The van der Waals surface area contributed by atoms with Crippen LogP contribution in [0.2, 0.25) is 0 Å². The molecule has 0 radical (unpaired) electrons. The number of quaternary nitrogens is 1. The van der Waals surface area contributed by atoms with Gasteiger partial charge in [-0.2, -0.15) is 4.31 Å². The molecule has 1 aliphatic rings. The highest BCUT2D eigenvalue weighted by atomic mass is 79.9. The smallest absolute Gasteiger partial charge is 0.105 e. The van der Waals surface area contributed by atoms with E-state index in [4.69, 9.17) is 4.74 Å². The Morgan fingerprint density at radius 2 is 1.31 bits per heavy atom. The van der Waals surface area contributed by atoms with Crippen LogP contribution in [0.3, 0.4) is 0 Å². The van der Waals surface area contributed by atoms with E-state index in [1.165, 1.54) is 27.8 Å². The van der Waals surface area contributed by atoms with Gasteiger partial charge in [0.05, 0.1) is 24.7 Å². The van der Waals surface area contributed by atoms with E-state index in [9.17, 15) is 9.11 Å². The van der Waals surface area contributed by atoms with Gasteiger partial charge in [0.15, 0.2) is 0 Å². The molecule has 0 aromatic heterocycles. The van der Waals surface area contributed by atoms with Gasteiger partial charge in [-0.25, -0.2) is 0 Å². The van der Waals surface area contributed by atoms with Gasteiger partial charge in [-0.15, -0.1) is 10.8 Å². The highest BCUT2D eigenvalue weighted by Crippen LogP contribution is 2.53. The molecule has 4 aromatic rings. The first-order chi connectivity index (χ1) is 19.6. The molecule has 5 rings (SSSR count). The standard InChI is InChI=1S/C35H44N2O3S.BrH/c1-27-18-28(2)21-31(20-27)25-36(41(38,39)35-11-10-33-8-5-6-9-34(33)24-35)12-7-13-37(14-16-40-17-15-37)26-32-22-29(3)19-30(4)23-32;/h5-6,8-11,18-24H,7,12-17,25-26H2,1-4H3,(H-,38,39);1H. The molecule has 0 saturated carbocycles. The fourth-order valence-corrected chi connectivity index (χ4v) is 8.01. The van der Waals surface area contributed by atoms with Crippen LogP contribution >= 0.6 is 10.8 Å². The van der Waals surface area contributed by atoms with Gasteiger partial charge in [-0.3, -0.25) is 9.11 Å².